The van der Waals surface area contributed by atoms with Crippen molar-refractivity contribution in [3.8, 4) is 0 Å². The zero-order valence-corrected chi connectivity index (χ0v) is 6.42. The normalized spacial score (nSPS) is 15.1. The summed E-state index contributed by atoms with van der Waals surface area (Å²) < 4.78 is 0. The van der Waals surface area contributed by atoms with Crippen molar-refractivity contribution in [3.05, 3.63) is 21.4 Å². The Hall–Kier alpha value is -0.830. The molecular weight excluding hydrogens is 146 g/mol. The molecule has 0 bridgehead atoms. The van der Waals surface area contributed by atoms with Crippen LogP contribution in [0, 0.1) is 6.92 Å². The minimum Gasteiger partial charge on any atom is -0.348 e. The summed E-state index contributed by atoms with van der Waals surface area (Å²) in [5.41, 5.74) is 2.07. The molecule has 0 radical (unpaired) electrons. The summed E-state index contributed by atoms with van der Waals surface area (Å²) in [5.74, 6) is 0.0827. The lowest BCUT2D eigenvalue weighted by atomic mass is 10.2. The number of fused-ring (bicyclic) bond motifs is 1. The van der Waals surface area contributed by atoms with Crippen molar-refractivity contribution in [1.29, 1.82) is 0 Å². The van der Waals surface area contributed by atoms with Crippen LogP contribution >= 0.6 is 11.3 Å². The fraction of sp³-hybridized carbons (Fsp3) is 0.286. The number of rotatable bonds is 0. The third-order valence-electron chi connectivity index (χ3n) is 1.77. The topological polar surface area (TPSA) is 29.1 Å². The fourth-order valence-corrected chi connectivity index (χ4v) is 2.02. The van der Waals surface area contributed by atoms with Gasteiger partial charge in [0.05, 0.1) is 5.56 Å². The third kappa shape index (κ3) is 0.609. The molecule has 0 atom stereocenters. The van der Waals surface area contributed by atoms with Gasteiger partial charge in [-0.2, -0.15) is 0 Å². The van der Waals surface area contributed by atoms with Crippen LogP contribution in [0.3, 0.4) is 0 Å². The molecule has 2 heterocycles. The Morgan fingerprint density at radius 2 is 2.50 bits per heavy atom. The smallest absolute Gasteiger partial charge is 0.252 e. The molecule has 0 unspecified atom stereocenters. The monoisotopic (exact) mass is 153 g/mol. The van der Waals surface area contributed by atoms with Gasteiger partial charge in [-0.15, -0.1) is 11.3 Å². The molecular formula is C7H7NOS. The van der Waals surface area contributed by atoms with Gasteiger partial charge in [0, 0.05) is 16.8 Å². The highest BCUT2D eigenvalue weighted by Crippen LogP contribution is 2.24. The summed E-state index contributed by atoms with van der Waals surface area (Å²) in [4.78, 5) is 12.2. The van der Waals surface area contributed by atoms with Gasteiger partial charge < -0.3 is 5.32 Å². The molecule has 10 heavy (non-hydrogen) atoms. The van der Waals surface area contributed by atoms with E-state index in [-0.39, 0.29) is 5.91 Å². The number of hydrogen-bond acceptors (Lipinski definition) is 2. The van der Waals surface area contributed by atoms with E-state index >= 15 is 0 Å². The predicted octanol–water partition coefficient (Wildman–Crippen LogP) is 1.30. The van der Waals surface area contributed by atoms with Crippen LogP contribution < -0.4 is 5.32 Å². The molecule has 0 aliphatic carbocycles. The van der Waals surface area contributed by atoms with E-state index in [0.29, 0.717) is 0 Å². The lowest BCUT2D eigenvalue weighted by Crippen LogP contribution is -2.12. The number of amides is 1. The molecule has 0 fully saturated rings. The minimum absolute atomic E-state index is 0.0827. The van der Waals surface area contributed by atoms with Gasteiger partial charge in [0.1, 0.15) is 0 Å². The van der Waals surface area contributed by atoms with Gasteiger partial charge in [0.25, 0.3) is 5.91 Å². The van der Waals surface area contributed by atoms with E-state index in [1.807, 2.05) is 12.3 Å². The van der Waals surface area contributed by atoms with Gasteiger partial charge in [0.15, 0.2) is 0 Å². The second-order valence-electron chi connectivity index (χ2n) is 2.37. The van der Waals surface area contributed by atoms with Crippen molar-refractivity contribution in [1.82, 2.24) is 5.32 Å². The molecule has 1 aliphatic rings. The van der Waals surface area contributed by atoms with Crippen molar-refractivity contribution >= 4 is 17.2 Å². The van der Waals surface area contributed by atoms with Crippen LogP contribution in [0.2, 0.25) is 0 Å². The van der Waals surface area contributed by atoms with Gasteiger partial charge >= 0.3 is 0 Å². The predicted molar refractivity (Wildman–Crippen MR) is 40.2 cm³/mol. The second-order valence-corrected chi connectivity index (χ2v) is 3.45. The molecule has 1 aromatic rings. The van der Waals surface area contributed by atoms with E-state index in [1.165, 1.54) is 10.4 Å². The number of nitrogens with one attached hydrogen (secondary N) is 1. The summed E-state index contributed by atoms with van der Waals surface area (Å²) in [5, 5.41) is 4.70. The zero-order valence-electron chi connectivity index (χ0n) is 5.60. The Kier molecular flexibility index (Phi) is 1.08. The molecule has 1 aromatic heterocycles. The molecule has 0 spiro atoms. The molecule has 0 saturated heterocycles. The lowest BCUT2D eigenvalue weighted by Gasteiger charge is -1.88. The third-order valence-corrected chi connectivity index (χ3v) is 2.73. The van der Waals surface area contributed by atoms with E-state index < -0.39 is 0 Å². The molecule has 52 valence electrons. The van der Waals surface area contributed by atoms with E-state index in [4.69, 9.17) is 0 Å². The molecule has 2 nitrogen and oxygen atoms in total. The Balaban J connectivity index is 2.63. The van der Waals surface area contributed by atoms with Crippen LogP contribution in [0.4, 0.5) is 0 Å². The first-order valence-electron chi connectivity index (χ1n) is 3.14. The average molecular weight is 153 g/mol. The average Bonchev–Trinajstić information content (AvgIpc) is 2.41. The first-order chi connectivity index (χ1) is 4.79. The summed E-state index contributed by atoms with van der Waals surface area (Å²) in [6.07, 6.45) is 0. The molecule has 1 aliphatic heterocycles. The van der Waals surface area contributed by atoms with Crippen molar-refractivity contribution < 1.29 is 4.79 Å². The van der Waals surface area contributed by atoms with E-state index in [9.17, 15) is 4.79 Å². The van der Waals surface area contributed by atoms with Gasteiger partial charge in [-0.25, -0.2) is 0 Å². The largest absolute Gasteiger partial charge is 0.348 e. The summed E-state index contributed by atoms with van der Waals surface area (Å²) in [7, 11) is 0. The molecule has 1 amide bonds. The van der Waals surface area contributed by atoms with Gasteiger partial charge in [-0.1, -0.05) is 0 Å². The quantitative estimate of drug-likeness (QED) is 0.598. The number of carbonyl (C=O) groups is 1. The van der Waals surface area contributed by atoms with Gasteiger partial charge in [-0.3, -0.25) is 4.79 Å². The van der Waals surface area contributed by atoms with Crippen molar-refractivity contribution in [2.45, 2.75) is 13.5 Å². The highest BCUT2D eigenvalue weighted by molar-refractivity contribution is 7.10. The Bertz CT molecular complexity index is 290. The SMILES string of the molecule is Cc1scc2c1CNC2=O. The first kappa shape index (κ1) is 5.92. The highest BCUT2D eigenvalue weighted by Gasteiger charge is 2.21. The maximum atomic E-state index is 11.0. The highest BCUT2D eigenvalue weighted by atomic mass is 32.1. The van der Waals surface area contributed by atoms with E-state index in [2.05, 4.69) is 5.32 Å². The fourth-order valence-electron chi connectivity index (χ4n) is 1.15. The Labute approximate surface area is 62.9 Å². The lowest BCUT2D eigenvalue weighted by molar-refractivity contribution is 0.0966. The van der Waals surface area contributed by atoms with Crippen LogP contribution in [0.1, 0.15) is 20.8 Å². The molecule has 2 rings (SSSR count). The summed E-state index contributed by atoms with van der Waals surface area (Å²) >= 11 is 1.65. The van der Waals surface area contributed by atoms with Crippen molar-refractivity contribution in [2.24, 2.45) is 0 Å². The van der Waals surface area contributed by atoms with Crippen LogP contribution in [0.15, 0.2) is 5.38 Å². The minimum atomic E-state index is 0.0827. The van der Waals surface area contributed by atoms with Crippen LogP contribution in [0.25, 0.3) is 0 Å². The molecule has 3 heteroatoms. The van der Waals surface area contributed by atoms with Crippen LogP contribution in [-0.4, -0.2) is 5.91 Å². The molecule has 1 N–H and O–H groups in total. The van der Waals surface area contributed by atoms with Crippen LogP contribution in [-0.2, 0) is 6.54 Å². The second kappa shape index (κ2) is 1.83. The van der Waals surface area contributed by atoms with Gasteiger partial charge in [-0.05, 0) is 12.5 Å². The van der Waals surface area contributed by atoms with Crippen LogP contribution in [0.5, 0.6) is 0 Å². The molecule has 0 aromatic carbocycles. The maximum Gasteiger partial charge on any atom is 0.252 e. The Morgan fingerprint density at radius 3 is 3.20 bits per heavy atom. The van der Waals surface area contributed by atoms with Gasteiger partial charge in [0.2, 0.25) is 0 Å². The standard InChI is InChI=1S/C7H7NOS/c1-4-5-2-8-7(9)6(5)3-10-4/h3H,2H2,1H3,(H,8,9). The molecule has 0 saturated carbocycles. The number of hydrogen-bond donors (Lipinski definition) is 1. The van der Waals surface area contributed by atoms with E-state index in [0.717, 1.165) is 12.1 Å². The number of thiophene rings is 1. The zero-order chi connectivity index (χ0) is 7.14. The number of aryl methyl sites for hydroxylation is 1. The first-order valence-corrected chi connectivity index (χ1v) is 4.02. The summed E-state index contributed by atoms with van der Waals surface area (Å²) in [6.45, 7) is 2.77. The van der Waals surface area contributed by atoms with Crippen molar-refractivity contribution in [3.63, 3.8) is 0 Å². The summed E-state index contributed by atoms with van der Waals surface area (Å²) in [6, 6.07) is 0. The number of carbonyl (C=O) groups excluding carboxylic acids is 1. The van der Waals surface area contributed by atoms with Crippen molar-refractivity contribution in [2.75, 3.05) is 0 Å². The van der Waals surface area contributed by atoms with E-state index in [1.54, 1.807) is 11.3 Å². The Morgan fingerprint density at radius 1 is 1.70 bits per heavy atom. The maximum absolute atomic E-state index is 11.0.